The predicted molar refractivity (Wildman–Crippen MR) is 76.4 cm³/mol. The van der Waals surface area contributed by atoms with E-state index in [0.717, 1.165) is 31.0 Å². The maximum absolute atomic E-state index is 3.75. The summed E-state index contributed by atoms with van der Waals surface area (Å²) in [4.78, 5) is 2.38. The molecule has 0 aromatic heterocycles. The van der Waals surface area contributed by atoms with Crippen LogP contribution in [0.4, 0.5) is 0 Å². The molecule has 0 radical (unpaired) electrons. The highest BCUT2D eigenvalue weighted by Gasteiger charge is 2.21. The first kappa shape index (κ1) is 15.0. The van der Waals surface area contributed by atoms with E-state index < -0.39 is 0 Å². The van der Waals surface area contributed by atoms with Crippen molar-refractivity contribution in [3.63, 3.8) is 0 Å². The fraction of sp³-hybridized carbons (Fsp3) is 1.00. The summed E-state index contributed by atoms with van der Waals surface area (Å²) in [6.45, 7) is 10.4. The van der Waals surface area contributed by atoms with Crippen LogP contribution in [0.1, 0.15) is 52.9 Å². The van der Waals surface area contributed by atoms with Gasteiger partial charge in [0, 0.05) is 19.1 Å². The first-order valence-electron chi connectivity index (χ1n) is 7.53. The number of likely N-dealkylation sites (N-methyl/N-ethyl adjacent to an activating group) is 1. The Kier molecular flexibility index (Phi) is 7.14. The first-order valence-corrected chi connectivity index (χ1v) is 7.53. The van der Waals surface area contributed by atoms with Gasteiger partial charge in [-0.05, 0) is 44.7 Å². The van der Waals surface area contributed by atoms with Gasteiger partial charge in [-0.2, -0.15) is 0 Å². The van der Waals surface area contributed by atoms with Crippen LogP contribution in [0, 0.1) is 11.8 Å². The van der Waals surface area contributed by atoms with E-state index in [1.54, 1.807) is 0 Å². The van der Waals surface area contributed by atoms with Crippen molar-refractivity contribution in [1.29, 1.82) is 0 Å². The fourth-order valence-corrected chi connectivity index (χ4v) is 2.97. The maximum Gasteiger partial charge on any atom is 0.0104 e. The third-order valence-corrected chi connectivity index (χ3v) is 4.05. The van der Waals surface area contributed by atoms with E-state index in [9.17, 15) is 0 Å². The quantitative estimate of drug-likeness (QED) is 0.735. The smallest absolute Gasteiger partial charge is 0.0104 e. The summed E-state index contributed by atoms with van der Waals surface area (Å²) in [6, 6.07) is 0.790. The van der Waals surface area contributed by atoms with Crippen LogP contribution in [0.2, 0.25) is 0 Å². The lowest BCUT2D eigenvalue weighted by atomic mass is 9.81. The van der Waals surface area contributed by atoms with Crippen LogP contribution in [0.15, 0.2) is 0 Å². The molecule has 1 rings (SSSR count). The SMILES string of the molecule is CCN(C)CCNC1CCCC(CC(C)C)C1. The summed E-state index contributed by atoms with van der Waals surface area (Å²) < 4.78 is 0. The minimum absolute atomic E-state index is 0.790. The number of rotatable bonds is 7. The van der Waals surface area contributed by atoms with Crippen LogP contribution in [-0.4, -0.2) is 37.6 Å². The molecule has 17 heavy (non-hydrogen) atoms. The molecule has 0 aromatic carbocycles. The Labute approximate surface area is 108 Å². The molecule has 2 heteroatoms. The zero-order valence-electron chi connectivity index (χ0n) is 12.3. The number of hydrogen-bond donors (Lipinski definition) is 1. The second-order valence-electron chi connectivity index (χ2n) is 6.21. The Balaban J connectivity index is 2.16. The van der Waals surface area contributed by atoms with Crippen molar-refractivity contribution in [3.8, 4) is 0 Å². The van der Waals surface area contributed by atoms with E-state index in [2.05, 4.69) is 38.0 Å². The number of nitrogens with one attached hydrogen (secondary N) is 1. The van der Waals surface area contributed by atoms with Gasteiger partial charge in [-0.3, -0.25) is 0 Å². The Morgan fingerprint density at radius 2 is 2.06 bits per heavy atom. The van der Waals surface area contributed by atoms with E-state index in [-0.39, 0.29) is 0 Å². The topological polar surface area (TPSA) is 15.3 Å². The molecule has 2 nitrogen and oxygen atoms in total. The summed E-state index contributed by atoms with van der Waals surface area (Å²) in [6.07, 6.45) is 7.12. The van der Waals surface area contributed by atoms with Crippen LogP contribution in [0.5, 0.6) is 0 Å². The minimum Gasteiger partial charge on any atom is -0.313 e. The van der Waals surface area contributed by atoms with Crippen molar-refractivity contribution in [2.75, 3.05) is 26.7 Å². The molecule has 0 heterocycles. The van der Waals surface area contributed by atoms with Crippen molar-refractivity contribution in [1.82, 2.24) is 10.2 Å². The van der Waals surface area contributed by atoms with Crippen molar-refractivity contribution < 1.29 is 0 Å². The lowest BCUT2D eigenvalue weighted by molar-refractivity contribution is 0.245. The molecule has 0 bridgehead atoms. The lowest BCUT2D eigenvalue weighted by Gasteiger charge is -2.31. The summed E-state index contributed by atoms with van der Waals surface area (Å²) in [7, 11) is 2.20. The standard InChI is InChI=1S/C15H32N2/c1-5-17(4)10-9-16-15-8-6-7-14(12-15)11-13(2)3/h13-16H,5-12H2,1-4H3. The van der Waals surface area contributed by atoms with Gasteiger partial charge in [-0.15, -0.1) is 0 Å². The highest BCUT2D eigenvalue weighted by atomic mass is 15.1. The van der Waals surface area contributed by atoms with Gasteiger partial charge in [-0.1, -0.05) is 33.6 Å². The van der Waals surface area contributed by atoms with E-state index in [4.69, 9.17) is 0 Å². The summed E-state index contributed by atoms with van der Waals surface area (Å²) >= 11 is 0. The molecule has 1 N–H and O–H groups in total. The Morgan fingerprint density at radius 1 is 1.29 bits per heavy atom. The molecule has 0 spiro atoms. The number of nitrogens with zero attached hydrogens (tertiary/aromatic N) is 1. The Morgan fingerprint density at radius 3 is 2.71 bits per heavy atom. The first-order chi connectivity index (χ1) is 8.11. The van der Waals surface area contributed by atoms with Crippen LogP contribution in [0.3, 0.4) is 0 Å². The Hall–Kier alpha value is -0.0800. The molecule has 1 fully saturated rings. The predicted octanol–water partition coefficient (Wildman–Crippen LogP) is 3.13. The zero-order valence-corrected chi connectivity index (χ0v) is 12.3. The molecular formula is C15H32N2. The molecule has 0 aromatic rings. The van der Waals surface area contributed by atoms with Gasteiger partial charge < -0.3 is 10.2 Å². The third-order valence-electron chi connectivity index (χ3n) is 4.05. The molecular weight excluding hydrogens is 208 g/mol. The fourth-order valence-electron chi connectivity index (χ4n) is 2.97. The molecule has 2 atom stereocenters. The molecule has 1 aliphatic carbocycles. The van der Waals surface area contributed by atoms with Crippen LogP contribution >= 0.6 is 0 Å². The Bertz CT molecular complexity index is 191. The molecule has 1 saturated carbocycles. The van der Waals surface area contributed by atoms with Gasteiger partial charge in [0.05, 0.1) is 0 Å². The average molecular weight is 240 g/mol. The van der Waals surface area contributed by atoms with Gasteiger partial charge in [0.2, 0.25) is 0 Å². The van der Waals surface area contributed by atoms with E-state index in [1.165, 1.54) is 38.6 Å². The molecule has 102 valence electrons. The lowest BCUT2D eigenvalue weighted by Crippen LogP contribution is -2.38. The monoisotopic (exact) mass is 240 g/mol. The largest absolute Gasteiger partial charge is 0.313 e. The normalized spacial score (nSPS) is 25.8. The molecule has 1 aliphatic rings. The molecule has 0 aliphatic heterocycles. The van der Waals surface area contributed by atoms with Crippen molar-refractivity contribution in [2.24, 2.45) is 11.8 Å². The van der Waals surface area contributed by atoms with Gasteiger partial charge in [0.15, 0.2) is 0 Å². The van der Waals surface area contributed by atoms with E-state index in [1.807, 2.05) is 0 Å². The summed E-state index contributed by atoms with van der Waals surface area (Å²) in [5, 5.41) is 3.75. The van der Waals surface area contributed by atoms with E-state index >= 15 is 0 Å². The second-order valence-corrected chi connectivity index (χ2v) is 6.21. The van der Waals surface area contributed by atoms with Gasteiger partial charge in [0.1, 0.15) is 0 Å². The van der Waals surface area contributed by atoms with Gasteiger partial charge in [-0.25, -0.2) is 0 Å². The van der Waals surface area contributed by atoms with Crippen molar-refractivity contribution in [3.05, 3.63) is 0 Å². The zero-order chi connectivity index (χ0) is 12.7. The minimum atomic E-state index is 0.790. The van der Waals surface area contributed by atoms with Crippen LogP contribution < -0.4 is 5.32 Å². The highest BCUT2D eigenvalue weighted by Crippen LogP contribution is 2.29. The molecule has 2 unspecified atom stereocenters. The highest BCUT2D eigenvalue weighted by molar-refractivity contribution is 4.78. The maximum atomic E-state index is 3.75. The summed E-state index contributed by atoms with van der Waals surface area (Å²) in [5.41, 5.74) is 0. The van der Waals surface area contributed by atoms with Crippen LogP contribution in [-0.2, 0) is 0 Å². The molecule has 0 saturated heterocycles. The van der Waals surface area contributed by atoms with Crippen molar-refractivity contribution >= 4 is 0 Å². The van der Waals surface area contributed by atoms with Gasteiger partial charge in [0.25, 0.3) is 0 Å². The van der Waals surface area contributed by atoms with Gasteiger partial charge >= 0.3 is 0 Å². The average Bonchev–Trinajstić information content (AvgIpc) is 2.28. The molecule has 0 amide bonds. The third kappa shape index (κ3) is 6.42. The summed E-state index contributed by atoms with van der Waals surface area (Å²) in [5.74, 6) is 1.84. The second kappa shape index (κ2) is 8.10. The van der Waals surface area contributed by atoms with Crippen molar-refractivity contribution in [2.45, 2.75) is 58.9 Å². The van der Waals surface area contributed by atoms with E-state index in [0.29, 0.717) is 0 Å². The van der Waals surface area contributed by atoms with Crippen LogP contribution in [0.25, 0.3) is 0 Å². The number of hydrogen-bond acceptors (Lipinski definition) is 2.